The zero-order valence-corrected chi connectivity index (χ0v) is 20.8. The second kappa shape index (κ2) is 11.1. The highest BCUT2D eigenvalue weighted by Gasteiger charge is 2.41. The molecule has 3 aliphatic rings. The number of furan rings is 1. The van der Waals surface area contributed by atoms with Crippen LogP contribution in [-0.4, -0.2) is 51.5 Å². The summed E-state index contributed by atoms with van der Waals surface area (Å²) in [5.41, 5.74) is 1.49. The van der Waals surface area contributed by atoms with Crippen LogP contribution in [-0.2, 0) is 20.9 Å². The summed E-state index contributed by atoms with van der Waals surface area (Å²) in [6, 6.07) is 10.6. The lowest BCUT2D eigenvalue weighted by atomic mass is 9.95. The first-order valence-corrected chi connectivity index (χ1v) is 13.4. The first-order chi connectivity index (χ1) is 17.6. The lowest BCUT2D eigenvalue weighted by molar-refractivity contribution is -0.125. The first kappa shape index (κ1) is 24.3. The predicted molar refractivity (Wildman–Crippen MR) is 138 cm³/mol. The summed E-state index contributed by atoms with van der Waals surface area (Å²) in [7, 11) is 0. The minimum absolute atomic E-state index is 0.0524. The largest absolute Gasteiger partial charge is 0.467 e. The second-order valence-electron chi connectivity index (χ2n) is 9.14. The van der Waals surface area contributed by atoms with E-state index < -0.39 is 6.04 Å². The number of nitrogens with one attached hydrogen (secondary N) is 2. The molecule has 0 bridgehead atoms. The monoisotopic (exact) mass is 507 g/mol. The lowest BCUT2D eigenvalue weighted by Crippen LogP contribution is -2.42. The van der Waals surface area contributed by atoms with E-state index in [1.54, 1.807) is 18.4 Å². The number of carbonyl (C=O) groups excluding carboxylic acids is 3. The van der Waals surface area contributed by atoms with Crippen molar-refractivity contribution in [3.8, 4) is 0 Å². The van der Waals surface area contributed by atoms with E-state index in [1.807, 2.05) is 24.3 Å². The Morgan fingerprint density at radius 3 is 2.72 bits per heavy atom. The molecule has 9 nitrogen and oxygen atoms in total. The van der Waals surface area contributed by atoms with Gasteiger partial charge in [-0.25, -0.2) is 9.89 Å². The average molecular weight is 508 g/mol. The molecular formula is C26H29N5O4S. The van der Waals surface area contributed by atoms with Crippen molar-refractivity contribution in [1.82, 2.24) is 15.5 Å². The number of hydrogen-bond donors (Lipinski definition) is 2. The smallest absolute Gasteiger partial charge is 0.259 e. The van der Waals surface area contributed by atoms with Crippen LogP contribution in [0.3, 0.4) is 0 Å². The van der Waals surface area contributed by atoms with Crippen molar-refractivity contribution in [3.05, 3.63) is 54.0 Å². The fourth-order valence-electron chi connectivity index (χ4n) is 4.69. The molecule has 1 saturated carbocycles. The Morgan fingerprint density at radius 2 is 1.92 bits per heavy atom. The maximum atomic E-state index is 13.3. The molecule has 0 saturated heterocycles. The molecule has 1 aliphatic carbocycles. The van der Waals surface area contributed by atoms with E-state index >= 15 is 0 Å². The van der Waals surface area contributed by atoms with E-state index in [0.29, 0.717) is 29.0 Å². The Hall–Kier alpha value is -3.40. The first-order valence-electron chi connectivity index (χ1n) is 12.4. The molecule has 3 heterocycles. The average Bonchev–Trinajstić information content (AvgIpc) is 3.53. The molecule has 188 valence electrons. The van der Waals surface area contributed by atoms with Gasteiger partial charge in [-0.3, -0.25) is 19.4 Å². The number of fused-ring (bicyclic) bond motifs is 3. The second-order valence-corrected chi connectivity index (χ2v) is 10.1. The number of thioether (sulfide) groups is 1. The number of rotatable bonds is 8. The van der Waals surface area contributed by atoms with Gasteiger partial charge in [0, 0.05) is 18.0 Å². The Bertz CT molecular complexity index is 1190. The number of aliphatic imine (C=N–C) groups is 2. The summed E-state index contributed by atoms with van der Waals surface area (Å²) in [4.78, 5) is 49.1. The summed E-state index contributed by atoms with van der Waals surface area (Å²) in [6.45, 7) is 0.300. The van der Waals surface area contributed by atoms with E-state index in [0.717, 1.165) is 31.2 Å². The Balaban J connectivity index is 1.23. The fourth-order valence-corrected chi connectivity index (χ4v) is 5.50. The number of amides is 3. The number of carbonyl (C=O) groups is 3. The van der Waals surface area contributed by atoms with E-state index in [4.69, 9.17) is 4.42 Å². The topological polar surface area (TPSA) is 116 Å². The summed E-state index contributed by atoms with van der Waals surface area (Å²) in [5.74, 6) is 0.920. The zero-order valence-electron chi connectivity index (χ0n) is 19.9. The van der Waals surface area contributed by atoms with Crippen LogP contribution < -0.4 is 10.6 Å². The van der Waals surface area contributed by atoms with Crippen LogP contribution in [0.1, 0.15) is 56.3 Å². The third-order valence-electron chi connectivity index (χ3n) is 6.54. The van der Waals surface area contributed by atoms with Gasteiger partial charge in [0.2, 0.25) is 11.8 Å². The van der Waals surface area contributed by atoms with Crippen LogP contribution in [0.4, 0.5) is 5.69 Å². The quantitative estimate of drug-likeness (QED) is 0.567. The SMILES string of the molecule is O=C(CCC1N=C2c3ccccc3N=C(SCC(=O)NC3CCCCC3)N2C1=O)NCc1ccco1. The van der Waals surface area contributed by atoms with Gasteiger partial charge in [0.25, 0.3) is 5.91 Å². The van der Waals surface area contributed by atoms with Gasteiger partial charge in [-0.15, -0.1) is 0 Å². The maximum absolute atomic E-state index is 13.3. The van der Waals surface area contributed by atoms with E-state index in [1.165, 1.54) is 23.1 Å². The number of amidine groups is 2. The van der Waals surface area contributed by atoms with Gasteiger partial charge in [0.1, 0.15) is 17.6 Å². The van der Waals surface area contributed by atoms with Crippen molar-refractivity contribution < 1.29 is 18.8 Å². The Morgan fingerprint density at radius 1 is 1.08 bits per heavy atom. The van der Waals surface area contributed by atoms with E-state index in [-0.39, 0.29) is 42.4 Å². The molecule has 0 radical (unpaired) electrons. The van der Waals surface area contributed by atoms with Crippen LogP contribution in [0.5, 0.6) is 0 Å². The lowest BCUT2D eigenvalue weighted by Gasteiger charge is -2.26. The van der Waals surface area contributed by atoms with Gasteiger partial charge < -0.3 is 15.1 Å². The third kappa shape index (κ3) is 5.53. The van der Waals surface area contributed by atoms with Crippen molar-refractivity contribution >= 4 is 46.2 Å². The molecule has 2 aliphatic heterocycles. The number of nitrogens with zero attached hydrogens (tertiary/aromatic N) is 3. The third-order valence-corrected chi connectivity index (χ3v) is 7.47. The summed E-state index contributed by atoms with van der Waals surface area (Å²) >= 11 is 1.24. The normalized spacial score (nSPS) is 19.3. The molecular weight excluding hydrogens is 478 g/mol. The molecule has 1 fully saturated rings. The van der Waals surface area contributed by atoms with Gasteiger partial charge >= 0.3 is 0 Å². The summed E-state index contributed by atoms with van der Waals surface area (Å²) in [5, 5.41) is 6.36. The molecule has 1 unspecified atom stereocenters. The van der Waals surface area contributed by atoms with Gasteiger partial charge in [-0.1, -0.05) is 43.2 Å². The van der Waals surface area contributed by atoms with Crippen LogP contribution in [0.2, 0.25) is 0 Å². The van der Waals surface area contributed by atoms with Gasteiger partial charge in [0.05, 0.1) is 24.2 Å². The van der Waals surface area contributed by atoms with Crippen molar-refractivity contribution in [2.75, 3.05) is 5.75 Å². The van der Waals surface area contributed by atoms with Crippen LogP contribution >= 0.6 is 11.8 Å². The molecule has 1 aromatic carbocycles. The predicted octanol–water partition coefficient (Wildman–Crippen LogP) is 3.52. The van der Waals surface area contributed by atoms with Crippen molar-refractivity contribution in [2.24, 2.45) is 9.98 Å². The molecule has 2 aromatic rings. The number of hydrogen-bond acceptors (Lipinski definition) is 7. The highest BCUT2D eigenvalue weighted by molar-refractivity contribution is 8.14. The van der Waals surface area contributed by atoms with Crippen molar-refractivity contribution in [2.45, 2.75) is 63.6 Å². The molecule has 5 rings (SSSR count). The van der Waals surface area contributed by atoms with Gasteiger partial charge in [0.15, 0.2) is 5.17 Å². The van der Waals surface area contributed by atoms with E-state index in [9.17, 15) is 14.4 Å². The Kier molecular flexibility index (Phi) is 7.50. The standard InChI is InChI=1S/C26H29N5O4S/c32-22(27-15-18-9-6-14-35-18)13-12-21-25(34)31-24(29-21)19-10-4-5-11-20(19)30-26(31)36-16-23(33)28-17-7-2-1-3-8-17/h4-6,9-11,14,17,21H,1-3,7-8,12-13,15-16H2,(H,27,32)(H,28,33). The molecule has 0 spiro atoms. The maximum Gasteiger partial charge on any atom is 0.259 e. The summed E-state index contributed by atoms with van der Waals surface area (Å²) < 4.78 is 5.23. The van der Waals surface area contributed by atoms with E-state index in [2.05, 4.69) is 20.6 Å². The van der Waals surface area contributed by atoms with Crippen LogP contribution in [0.15, 0.2) is 57.1 Å². The minimum Gasteiger partial charge on any atom is -0.467 e. The van der Waals surface area contributed by atoms with Crippen molar-refractivity contribution in [3.63, 3.8) is 0 Å². The number of para-hydroxylation sites is 1. The zero-order chi connectivity index (χ0) is 24.9. The number of benzene rings is 1. The van der Waals surface area contributed by atoms with Crippen molar-refractivity contribution in [1.29, 1.82) is 0 Å². The van der Waals surface area contributed by atoms with Gasteiger partial charge in [-0.05, 0) is 43.5 Å². The molecule has 36 heavy (non-hydrogen) atoms. The minimum atomic E-state index is -0.678. The van der Waals surface area contributed by atoms with Crippen LogP contribution in [0.25, 0.3) is 0 Å². The molecule has 10 heteroatoms. The Labute approximate surface area is 213 Å². The molecule has 1 atom stereocenters. The highest BCUT2D eigenvalue weighted by Crippen LogP contribution is 2.34. The fraction of sp³-hybridized carbons (Fsp3) is 0.423. The van der Waals surface area contributed by atoms with Crippen LogP contribution in [0, 0.1) is 0 Å². The highest BCUT2D eigenvalue weighted by atomic mass is 32.2. The summed E-state index contributed by atoms with van der Waals surface area (Å²) in [6.07, 6.45) is 7.55. The van der Waals surface area contributed by atoms with Gasteiger partial charge in [-0.2, -0.15) is 0 Å². The molecule has 1 aromatic heterocycles. The molecule has 2 N–H and O–H groups in total. The molecule has 3 amide bonds.